The Morgan fingerprint density at radius 1 is 1.05 bits per heavy atom. The van der Waals surface area contributed by atoms with Gasteiger partial charge in [0.2, 0.25) is 5.95 Å². The van der Waals surface area contributed by atoms with Gasteiger partial charge in [-0.2, -0.15) is 0 Å². The molecule has 38 heavy (non-hydrogen) atoms. The van der Waals surface area contributed by atoms with Crippen LogP contribution >= 0.6 is 0 Å². The number of carbonyl (C=O) groups excluding carboxylic acids is 1. The maximum atomic E-state index is 15.9. The summed E-state index contributed by atoms with van der Waals surface area (Å²) in [6.07, 6.45) is 5.04. The topological polar surface area (TPSA) is 79.8 Å². The highest BCUT2D eigenvalue weighted by Crippen LogP contribution is 2.37. The zero-order valence-electron chi connectivity index (χ0n) is 22.6. The van der Waals surface area contributed by atoms with Crippen LogP contribution in [0.25, 0.3) is 11.3 Å². The van der Waals surface area contributed by atoms with Gasteiger partial charge >= 0.3 is 0 Å². The van der Waals surface area contributed by atoms with Crippen molar-refractivity contribution in [2.45, 2.75) is 56.8 Å². The van der Waals surface area contributed by atoms with Crippen LogP contribution < -0.4 is 10.2 Å². The molecular formula is C29H40FN5O3. The molecule has 0 saturated carbocycles. The van der Waals surface area contributed by atoms with Crippen LogP contribution in [0.15, 0.2) is 36.5 Å². The van der Waals surface area contributed by atoms with Gasteiger partial charge < -0.3 is 24.6 Å². The Labute approximate surface area is 224 Å². The number of aromatic nitrogens is 2. The number of rotatable bonds is 9. The van der Waals surface area contributed by atoms with Gasteiger partial charge in [-0.25, -0.2) is 14.4 Å². The van der Waals surface area contributed by atoms with Crippen molar-refractivity contribution < 1.29 is 18.7 Å². The third-order valence-corrected chi connectivity index (χ3v) is 8.67. The SMILES string of the molecule is COCCOCc1ccc(-c2ccnc(N3CCC(F)(C(=O)NC4(C)CCN5CCC4CC5)CC3)n2)cc1. The lowest BCUT2D eigenvalue weighted by atomic mass is 9.78. The molecule has 9 heteroatoms. The van der Waals surface area contributed by atoms with Crippen molar-refractivity contribution in [3.05, 3.63) is 42.1 Å². The van der Waals surface area contributed by atoms with Crippen LogP contribution in [-0.4, -0.2) is 85.0 Å². The summed E-state index contributed by atoms with van der Waals surface area (Å²) in [4.78, 5) is 26.9. The van der Waals surface area contributed by atoms with E-state index in [0.717, 1.165) is 55.7 Å². The zero-order chi connectivity index (χ0) is 26.6. The zero-order valence-corrected chi connectivity index (χ0v) is 22.6. The highest BCUT2D eigenvalue weighted by molar-refractivity contribution is 5.86. The number of hydrogen-bond acceptors (Lipinski definition) is 7. The fourth-order valence-corrected chi connectivity index (χ4v) is 5.98. The van der Waals surface area contributed by atoms with Crippen molar-refractivity contribution in [3.8, 4) is 11.3 Å². The van der Waals surface area contributed by atoms with Gasteiger partial charge in [0.25, 0.3) is 5.91 Å². The van der Waals surface area contributed by atoms with Gasteiger partial charge in [0.05, 0.1) is 25.5 Å². The number of fused-ring (bicyclic) bond motifs is 4. The fraction of sp³-hybridized carbons (Fsp3) is 0.621. The van der Waals surface area contributed by atoms with Crippen molar-refractivity contribution in [2.75, 3.05) is 57.9 Å². The summed E-state index contributed by atoms with van der Waals surface area (Å²) in [7, 11) is 1.66. The minimum absolute atomic E-state index is 0.136. The lowest BCUT2D eigenvalue weighted by Crippen LogP contribution is -2.59. The maximum absolute atomic E-state index is 15.9. The van der Waals surface area contributed by atoms with Crippen LogP contribution in [-0.2, 0) is 20.9 Å². The van der Waals surface area contributed by atoms with Gasteiger partial charge in [0, 0.05) is 56.9 Å². The van der Waals surface area contributed by atoms with Crippen molar-refractivity contribution >= 4 is 11.9 Å². The number of benzene rings is 1. The first-order valence-corrected chi connectivity index (χ1v) is 13.9. The third kappa shape index (κ3) is 6.00. The first-order valence-electron chi connectivity index (χ1n) is 13.9. The number of amides is 1. The number of hydrogen-bond donors (Lipinski definition) is 1. The maximum Gasteiger partial charge on any atom is 0.258 e. The fourth-order valence-electron chi connectivity index (χ4n) is 5.98. The summed E-state index contributed by atoms with van der Waals surface area (Å²) in [5.74, 6) is 0.543. The van der Waals surface area contributed by atoms with Crippen LogP contribution in [0, 0.1) is 5.92 Å². The quantitative estimate of drug-likeness (QED) is 0.501. The molecule has 4 aliphatic rings. The Morgan fingerprint density at radius 2 is 1.79 bits per heavy atom. The van der Waals surface area contributed by atoms with Crippen molar-refractivity contribution in [2.24, 2.45) is 5.92 Å². The third-order valence-electron chi connectivity index (χ3n) is 8.67. The van der Waals surface area contributed by atoms with Crippen LogP contribution in [0.2, 0.25) is 0 Å². The number of carbonyl (C=O) groups is 1. The number of halogens is 1. The predicted molar refractivity (Wildman–Crippen MR) is 145 cm³/mol. The number of piperidine rings is 2. The van der Waals surface area contributed by atoms with E-state index in [2.05, 4.69) is 22.1 Å². The molecule has 206 valence electrons. The second kappa shape index (κ2) is 11.6. The molecular weight excluding hydrogens is 485 g/mol. The van der Waals surface area contributed by atoms with Gasteiger partial charge in [0.15, 0.2) is 5.67 Å². The molecule has 8 nitrogen and oxygen atoms in total. The molecule has 2 bridgehead atoms. The molecule has 1 amide bonds. The number of alkyl halides is 1. The minimum atomic E-state index is -1.86. The molecule has 4 fully saturated rings. The summed E-state index contributed by atoms with van der Waals surface area (Å²) in [5.41, 5.74) is 0.677. The molecule has 1 atom stereocenters. The lowest BCUT2D eigenvalue weighted by Gasteiger charge is -2.41. The van der Waals surface area contributed by atoms with E-state index in [1.54, 1.807) is 13.3 Å². The number of nitrogens with zero attached hydrogens (tertiary/aromatic N) is 4. The van der Waals surface area contributed by atoms with Crippen LogP contribution in [0.4, 0.5) is 10.3 Å². The van der Waals surface area contributed by atoms with Crippen LogP contribution in [0.1, 0.15) is 44.6 Å². The molecule has 6 rings (SSSR count). The Morgan fingerprint density at radius 3 is 2.50 bits per heavy atom. The van der Waals surface area contributed by atoms with Crippen molar-refractivity contribution in [1.82, 2.24) is 20.2 Å². The second-order valence-corrected chi connectivity index (χ2v) is 11.2. The Balaban J connectivity index is 1.18. The van der Waals surface area contributed by atoms with Gasteiger partial charge in [-0.1, -0.05) is 24.3 Å². The Hall–Kier alpha value is -2.62. The highest BCUT2D eigenvalue weighted by atomic mass is 19.1. The summed E-state index contributed by atoms with van der Waals surface area (Å²) >= 11 is 0. The summed E-state index contributed by atoms with van der Waals surface area (Å²) in [6, 6.07) is 9.97. The standard InChI is InChI=1S/C29H40FN5O3/c1-28(10-16-34-14-8-24(28)9-15-34)33-26(36)29(30)11-17-35(18-12-29)27-31-13-7-25(32-27)23-5-3-22(4-6-23)21-38-20-19-37-2/h3-7,13,24H,8-12,14-21H2,1-2H3,(H,33,36). The molecule has 0 radical (unpaired) electrons. The summed E-state index contributed by atoms with van der Waals surface area (Å²) < 4.78 is 26.5. The normalized spacial score (nSPS) is 26.7. The second-order valence-electron chi connectivity index (χ2n) is 11.2. The van der Waals surface area contributed by atoms with E-state index in [1.807, 2.05) is 35.2 Å². The van der Waals surface area contributed by atoms with E-state index in [9.17, 15) is 4.79 Å². The Kier molecular flexibility index (Phi) is 8.26. The van der Waals surface area contributed by atoms with Crippen molar-refractivity contribution in [1.29, 1.82) is 0 Å². The highest BCUT2D eigenvalue weighted by Gasteiger charge is 2.47. The number of anilines is 1. The number of ether oxygens (including phenoxy) is 2. The van der Waals surface area contributed by atoms with Crippen LogP contribution in [0.5, 0.6) is 0 Å². The average molecular weight is 526 g/mol. The minimum Gasteiger partial charge on any atom is -0.382 e. The summed E-state index contributed by atoms with van der Waals surface area (Å²) in [6.45, 7) is 7.72. The first kappa shape index (κ1) is 27.0. The van der Waals surface area contributed by atoms with Crippen LogP contribution in [0.3, 0.4) is 0 Å². The molecule has 5 heterocycles. The molecule has 2 aromatic rings. The first-order chi connectivity index (χ1) is 18.4. The van der Waals surface area contributed by atoms with E-state index < -0.39 is 11.6 Å². The molecule has 4 saturated heterocycles. The summed E-state index contributed by atoms with van der Waals surface area (Å²) in [5, 5.41) is 3.18. The molecule has 1 aromatic carbocycles. The number of methoxy groups -OCH3 is 1. The largest absolute Gasteiger partial charge is 0.382 e. The number of nitrogens with one attached hydrogen (secondary N) is 1. The predicted octanol–water partition coefficient (Wildman–Crippen LogP) is 3.61. The average Bonchev–Trinajstić information content (AvgIpc) is 3.20. The lowest BCUT2D eigenvalue weighted by molar-refractivity contribution is -0.137. The molecule has 1 unspecified atom stereocenters. The molecule has 1 N–H and O–H groups in total. The van der Waals surface area contributed by atoms with Gasteiger partial charge in [-0.15, -0.1) is 0 Å². The van der Waals surface area contributed by atoms with E-state index >= 15 is 4.39 Å². The molecule has 0 spiro atoms. The van der Waals surface area contributed by atoms with Gasteiger partial charge in [-0.05, 0) is 56.8 Å². The molecule has 0 aliphatic carbocycles. The van der Waals surface area contributed by atoms with E-state index in [4.69, 9.17) is 14.5 Å². The molecule has 4 aliphatic heterocycles. The van der Waals surface area contributed by atoms with E-state index in [-0.39, 0.29) is 18.4 Å². The molecule has 1 aromatic heterocycles. The Bertz CT molecular complexity index is 1080. The van der Waals surface area contributed by atoms with Gasteiger partial charge in [-0.3, -0.25) is 4.79 Å². The van der Waals surface area contributed by atoms with Gasteiger partial charge in [0.1, 0.15) is 0 Å². The van der Waals surface area contributed by atoms with Crippen molar-refractivity contribution in [3.63, 3.8) is 0 Å². The monoisotopic (exact) mass is 525 g/mol. The smallest absolute Gasteiger partial charge is 0.258 e. The van der Waals surface area contributed by atoms with E-state index in [0.29, 0.717) is 44.8 Å². The van der Waals surface area contributed by atoms with E-state index in [1.165, 1.54) is 0 Å².